The minimum atomic E-state index is -4.50. The maximum absolute atomic E-state index is 14.3. The molecule has 0 amide bonds. The van der Waals surface area contributed by atoms with Gasteiger partial charge in [-0.2, -0.15) is 13.2 Å². The Morgan fingerprint density at radius 2 is 1.22 bits per heavy atom. The molecule has 0 unspecified atom stereocenters. The minimum Gasteiger partial charge on any atom is -0.497 e. The van der Waals surface area contributed by atoms with Gasteiger partial charge in [-0.15, -0.1) is 0 Å². The molecule has 1 aliphatic heterocycles. The van der Waals surface area contributed by atoms with Crippen molar-refractivity contribution in [1.29, 1.82) is 0 Å². The Bertz CT molecular complexity index is 2410. The van der Waals surface area contributed by atoms with E-state index in [0.717, 1.165) is 67.3 Å². The molecule has 5 nitrogen and oxygen atoms in total. The zero-order valence-electron chi connectivity index (χ0n) is 31.6. The Balaban J connectivity index is 1.45. The lowest BCUT2D eigenvalue weighted by molar-refractivity contribution is -0.137. The molecule has 2 aliphatic rings. The number of alkyl halides is 3. The first-order chi connectivity index (χ1) is 26.6. The molecule has 8 heteroatoms. The van der Waals surface area contributed by atoms with Gasteiger partial charge < -0.3 is 23.7 Å². The van der Waals surface area contributed by atoms with Crippen LogP contribution in [0.2, 0.25) is 0 Å². The van der Waals surface area contributed by atoms with Gasteiger partial charge in [-0.25, -0.2) is 0 Å². The lowest BCUT2D eigenvalue weighted by Crippen LogP contribution is -2.35. The van der Waals surface area contributed by atoms with Gasteiger partial charge in [-0.3, -0.25) is 0 Å². The molecule has 1 aliphatic carbocycles. The molecule has 0 bridgehead atoms. The Hall–Kier alpha value is -5.89. The third kappa shape index (κ3) is 5.44. The van der Waals surface area contributed by atoms with Crippen molar-refractivity contribution in [3.8, 4) is 51.0 Å². The van der Waals surface area contributed by atoms with Crippen LogP contribution in [0.5, 0.6) is 28.7 Å². The number of ether oxygens (including phenoxy) is 5. The number of benzene rings is 6. The van der Waals surface area contributed by atoms with Crippen LogP contribution < -0.4 is 23.7 Å². The first-order valence-corrected chi connectivity index (χ1v) is 18.3. The van der Waals surface area contributed by atoms with Crippen LogP contribution in [0, 0.1) is 0 Å². The molecule has 0 spiro atoms. The molecular formula is C47H41F3O5. The molecule has 280 valence electrons. The van der Waals surface area contributed by atoms with Crippen LogP contribution in [0.15, 0.2) is 109 Å². The van der Waals surface area contributed by atoms with E-state index in [9.17, 15) is 13.2 Å². The molecule has 0 fully saturated rings. The standard InChI is InChI=1S/C47H41F3O5/c1-7-45(8-2)39-25-28(33-11-9-10-12-38(33)47(48,49)50)13-22-34(39)42-36-26-40(53-5)41(54-6)27-37(36)44-35(43(42)45)23-24-46(55-44,29-14-18-31(51-3)19-15-29)30-16-20-32(52-4)21-17-30/h9-27H,7-8H2,1-6H3. The smallest absolute Gasteiger partial charge is 0.417 e. The first kappa shape index (κ1) is 36.1. The number of hydrogen-bond acceptors (Lipinski definition) is 5. The van der Waals surface area contributed by atoms with Crippen LogP contribution in [-0.4, -0.2) is 28.4 Å². The molecular weight excluding hydrogens is 702 g/mol. The zero-order valence-corrected chi connectivity index (χ0v) is 31.6. The minimum absolute atomic E-state index is 0.153. The summed E-state index contributed by atoms with van der Waals surface area (Å²) < 4.78 is 73.3. The lowest BCUT2D eigenvalue weighted by Gasteiger charge is -2.39. The average Bonchev–Trinajstić information content (AvgIpc) is 3.52. The van der Waals surface area contributed by atoms with Crippen molar-refractivity contribution in [3.05, 3.63) is 143 Å². The highest BCUT2D eigenvalue weighted by Crippen LogP contribution is 2.61. The molecule has 8 rings (SSSR count). The Kier molecular flexibility index (Phi) is 8.83. The third-order valence-electron chi connectivity index (χ3n) is 11.6. The van der Waals surface area contributed by atoms with Crippen LogP contribution >= 0.6 is 0 Å². The molecule has 0 saturated carbocycles. The summed E-state index contributed by atoms with van der Waals surface area (Å²) >= 11 is 0. The average molecular weight is 743 g/mol. The SMILES string of the molecule is CCC1(CC)c2cc(-c3ccccc3C(F)(F)F)ccc2-c2c1c1c(c3cc(OC)c(OC)cc23)OC(c2ccc(OC)cc2)(c2ccc(OC)cc2)C=C1. The molecule has 0 atom stereocenters. The fourth-order valence-corrected chi connectivity index (χ4v) is 8.82. The van der Waals surface area contributed by atoms with Gasteiger partial charge >= 0.3 is 6.18 Å². The highest BCUT2D eigenvalue weighted by Gasteiger charge is 2.47. The highest BCUT2D eigenvalue weighted by atomic mass is 19.4. The van der Waals surface area contributed by atoms with Crippen molar-refractivity contribution in [3.63, 3.8) is 0 Å². The van der Waals surface area contributed by atoms with E-state index in [-0.39, 0.29) is 5.56 Å². The second kappa shape index (κ2) is 13.4. The van der Waals surface area contributed by atoms with E-state index in [1.807, 2.05) is 78.9 Å². The fraction of sp³-hybridized carbons (Fsp3) is 0.234. The number of hydrogen-bond donors (Lipinski definition) is 0. The monoisotopic (exact) mass is 742 g/mol. The number of rotatable bonds is 9. The number of methoxy groups -OCH3 is 4. The van der Waals surface area contributed by atoms with Crippen molar-refractivity contribution in [2.24, 2.45) is 0 Å². The van der Waals surface area contributed by atoms with Crippen molar-refractivity contribution in [2.75, 3.05) is 28.4 Å². The van der Waals surface area contributed by atoms with Crippen LogP contribution in [0.1, 0.15) is 60.1 Å². The first-order valence-electron chi connectivity index (χ1n) is 18.3. The van der Waals surface area contributed by atoms with E-state index in [2.05, 4.69) is 26.0 Å². The predicted molar refractivity (Wildman–Crippen MR) is 211 cm³/mol. The lowest BCUT2D eigenvalue weighted by atomic mass is 9.70. The Morgan fingerprint density at radius 3 is 1.76 bits per heavy atom. The van der Waals surface area contributed by atoms with E-state index in [4.69, 9.17) is 23.7 Å². The largest absolute Gasteiger partial charge is 0.497 e. The highest BCUT2D eigenvalue weighted by molar-refractivity contribution is 6.10. The predicted octanol–water partition coefficient (Wildman–Crippen LogP) is 12.0. The second-order valence-corrected chi connectivity index (χ2v) is 14.0. The van der Waals surface area contributed by atoms with Gasteiger partial charge in [0, 0.05) is 27.5 Å². The van der Waals surface area contributed by atoms with Crippen LogP contribution in [0.4, 0.5) is 13.2 Å². The molecule has 6 aromatic rings. The van der Waals surface area contributed by atoms with Crippen molar-refractivity contribution < 1.29 is 36.9 Å². The molecule has 0 N–H and O–H groups in total. The molecule has 0 aromatic heterocycles. The van der Waals surface area contributed by atoms with Crippen molar-refractivity contribution >= 4 is 16.8 Å². The van der Waals surface area contributed by atoms with Crippen LogP contribution in [0.25, 0.3) is 39.1 Å². The van der Waals surface area contributed by atoms with Crippen molar-refractivity contribution in [1.82, 2.24) is 0 Å². The molecule has 0 saturated heterocycles. The summed E-state index contributed by atoms with van der Waals surface area (Å²) in [5, 5.41) is 1.72. The van der Waals surface area contributed by atoms with E-state index in [1.54, 1.807) is 40.6 Å². The van der Waals surface area contributed by atoms with Crippen LogP contribution in [0.3, 0.4) is 0 Å². The summed E-state index contributed by atoms with van der Waals surface area (Å²) in [6.45, 7) is 4.30. The number of fused-ring (bicyclic) bond motifs is 8. The summed E-state index contributed by atoms with van der Waals surface area (Å²) in [4.78, 5) is 0. The quantitative estimate of drug-likeness (QED) is 0.148. The fourth-order valence-electron chi connectivity index (χ4n) is 8.82. The summed E-state index contributed by atoms with van der Waals surface area (Å²) in [6, 6.07) is 31.2. The molecule has 0 radical (unpaired) electrons. The normalized spacial score (nSPS) is 14.8. The van der Waals surface area contributed by atoms with Crippen LogP contribution in [-0.2, 0) is 17.2 Å². The van der Waals surface area contributed by atoms with E-state index < -0.39 is 22.8 Å². The summed E-state index contributed by atoms with van der Waals surface area (Å²) in [7, 11) is 6.50. The van der Waals surface area contributed by atoms with Gasteiger partial charge in [0.25, 0.3) is 0 Å². The van der Waals surface area contributed by atoms with Gasteiger partial charge in [0.15, 0.2) is 17.1 Å². The van der Waals surface area contributed by atoms with Crippen molar-refractivity contribution in [2.45, 2.75) is 43.9 Å². The van der Waals surface area contributed by atoms with E-state index >= 15 is 0 Å². The maximum Gasteiger partial charge on any atom is 0.417 e. The molecule has 55 heavy (non-hydrogen) atoms. The molecule has 6 aromatic carbocycles. The Morgan fingerprint density at radius 1 is 0.636 bits per heavy atom. The van der Waals surface area contributed by atoms with Gasteiger partial charge in [0.1, 0.15) is 17.2 Å². The summed E-state index contributed by atoms with van der Waals surface area (Å²) in [6.07, 6.45) is 1.17. The zero-order chi connectivity index (χ0) is 38.7. The maximum atomic E-state index is 14.3. The van der Waals surface area contributed by atoms with Gasteiger partial charge in [-0.05, 0) is 106 Å². The third-order valence-corrected chi connectivity index (χ3v) is 11.6. The summed E-state index contributed by atoms with van der Waals surface area (Å²) in [5.74, 6) is 3.22. The Labute approximate surface area is 318 Å². The molecule has 1 heterocycles. The van der Waals surface area contributed by atoms with Gasteiger partial charge in [0.2, 0.25) is 0 Å². The van der Waals surface area contributed by atoms with E-state index in [1.165, 1.54) is 6.07 Å². The second-order valence-electron chi connectivity index (χ2n) is 14.0. The topological polar surface area (TPSA) is 46.2 Å². The number of halogens is 3. The summed E-state index contributed by atoms with van der Waals surface area (Å²) in [5.41, 5.74) is 5.17. The van der Waals surface area contributed by atoms with E-state index in [0.29, 0.717) is 35.7 Å². The van der Waals surface area contributed by atoms with Gasteiger partial charge in [0.05, 0.1) is 34.0 Å². The van der Waals surface area contributed by atoms with Gasteiger partial charge in [-0.1, -0.05) is 74.5 Å².